The van der Waals surface area contributed by atoms with Crippen molar-refractivity contribution in [3.63, 3.8) is 0 Å². The zero-order valence-electron chi connectivity index (χ0n) is 12.1. The van der Waals surface area contributed by atoms with Gasteiger partial charge in [-0.3, -0.25) is 4.90 Å². The monoisotopic (exact) mass is 279 g/mol. The second-order valence-electron chi connectivity index (χ2n) is 6.25. The Bertz CT molecular complexity index is 397. The summed E-state index contributed by atoms with van der Waals surface area (Å²) in [6.45, 7) is 5.41. The lowest BCUT2D eigenvalue weighted by Crippen LogP contribution is -2.38. The van der Waals surface area contributed by atoms with Gasteiger partial charge < -0.3 is 5.32 Å². The first-order valence-electron chi connectivity index (χ1n) is 7.55. The molecule has 2 saturated carbocycles. The fraction of sp³-hybridized carbons (Fsp3) is 0.800. The van der Waals surface area contributed by atoms with Crippen molar-refractivity contribution < 1.29 is 0 Å². The fourth-order valence-corrected chi connectivity index (χ4v) is 3.71. The molecule has 0 unspecified atom stereocenters. The van der Waals surface area contributed by atoms with E-state index in [9.17, 15) is 0 Å². The molecule has 0 aliphatic heterocycles. The van der Waals surface area contributed by atoms with Gasteiger partial charge in [-0.1, -0.05) is 0 Å². The summed E-state index contributed by atoms with van der Waals surface area (Å²) in [6.07, 6.45) is 5.85. The van der Waals surface area contributed by atoms with Crippen LogP contribution in [0.4, 0.5) is 0 Å². The third kappa shape index (κ3) is 3.77. The predicted molar refractivity (Wildman–Crippen MR) is 80.4 cm³/mol. The molecular formula is C15H25N3S. The van der Waals surface area contributed by atoms with Gasteiger partial charge in [0.05, 0.1) is 11.2 Å². The minimum absolute atomic E-state index is 0.832. The molecule has 106 valence electrons. The van der Waals surface area contributed by atoms with Crippen LogP contribution in [0.2, 0.25) is 0 Å². The van der Waals surface area contributed by atoms with Gasteiger partial charge in [0.15, 0.2) is 0 Å². The maximum Gasteiger partial charge on any atom is 0.0798 e. The Kier molecular flexibility index (Phi) is 4.20. The Labute approximate surface area is 120 Å². The van der Waals surface area contributed by atoms with Crippen molar-refractivity contribution in [2.24, 2.45) is 11.8 Å². The molecule has 0 saturated heterocycles. The number of likely N-dealkylation sites (N-methyl/N-ethyl adjacent to an activating group) is 1. The highest BCUT2D eigenvalue weighted by molar-refractivity contribution is 7.09. The van der Waals surface area contributed by atoms with Gasteiger partial charge in [0.25, 0.3) is 0 Å². The molecule has 3 nitrogen and oxygen atoms in total. The summed E-state index contributed by atoms with van der Waals surface area (Å²) < 4.78 is 0. The molecule has 1 aromatic rings. The van der Waals surface area contributed by atoms with Crippen LogP contribution in [0.15, 0.2) is 5.51 Å². The van der Waals surface area contributed by atoms with Crippen LogP contribution in [-0.2, 0) is 6.54 Å². The van der Waals surface area contributed by atoms with Gasteiger partial charge in [-0.05, 0) is 51.5 Å². The molecule has 1 N–H and O–H groups in total. The maximum absolute atomic E-state index is 4.32. The van der Waals surface area contributed by atoms with Crippen molar-refractivity contribution in [3.05, 3.63) is 16.1 Å². The van der Waals surface area contributed by atoms with Gasteiger partial charge in [0.1, 0.15) is 0 Å². The smallest absolute Gasteiger partial charge is 0.0798 e. The molecule has 0 bridgehead atoms. The zero-order valence-corrected chi connectivity index (χ0v) is 12.9. The first kappa shape index (κ1) is 13.5. The molecule has 0 aromatic carbocycles. The number of rotatable bonds is 8. The second-order valence-corrected chi connectivity index (χ2v) is 7.19. The predicted octanol–water partition coefficient (Wildman–Crippen LogP) is 2.66. The molecule has 2 aliphatic rings. The first-order valence-corrected chi connectivity index (χ1v) is 8.43. The van der Waals surface area contributed by atoms with Gasteiger partial charge in [-0.15, -0.1) is 11.3 Å². The lowest BCUT2D eigenvalue weighted by molar-refractivity contribution is 0.307. The van der Waals surface area contributed by atoms with E-state index in [2.05, 4.69) is 29.2 Å². The van der Waals surface area contributed by atoms with Gasteiger partial charge in [0.2, 0.25) is 0 Å². The number of hydrogen-bond acceptors (Lipinski definition) is 4. The molecule has 1 aromatic heterocycles. The summed E-state index contributed by atoms with van der Waals surface area (Å²) in [5.74, 6) is 2.00. The molecular weight excluding hydrogens is 254 g/mol. The van der Waals surface area contributed by atoms with Crippen molar-refractivity contribution in [1.29, 1.82) is 0 Å². The van der Waals surface area contributed by atoms with E-state index in [1.165, 1.54) is 36.3 Å². The maximum atomic E-state index is 4.32. The second kappa shape index (κ2) is 5.90. The van der Waals surface area contributed by atoms with Crippen molar-refractivity contribution >= 4 is 11.3 Å². The molecule has 0 spiro atoms. The van der Waals surface area contributed by atoms with E-state index in [4.69, 9.17) is 0 Å². The highest BCUT2D eigenvalue weighted by Gasteiger charge is 2.40. The number of nitrogens with zero attached hydrogens (tertiary/aromatic N) is 2. The van der Waals surface area contributed by atoms with E-state index < -0.39 is 0 Å². The largest absolute Gasteiger partial charge is 0.312 e. The minimum atomic E-state index is 0.832. The summed E-state index contributed by atoms with van der Waals surface area (Å²) in [5.41, 5.74) is 3.14. The topological polar surface area (TPSA) is 28.2 Å². The quantitative estimate of drug-likeness (QED) is 0.793. The molecule has 0 radical (unpaired) electrons. The molecule has 4 heteroatoms. The van der Waals surface area contributed by atoms with Crippen LogP contribution < -0.4 is 5.32 Å². The van der Waals surface area contributed by atoms with E-state index in [-0.39, 0.29) is 0 Å². The Morgan fingerprint density at radius 2 is 2.05 bits per heavy atom. The number of nitrogens with one attached hydrogen (secondary N) is 1. The SMILES string of the molecule is Cc1ncsc1CN(C)CCNC(C1CC1)C1CC1. The van der Waals surface area contributed by atoms with Crippen molar-refractivity contribution in [3.8, 4) is 0 Å². The minimum Gasteiger partial charge on any atom is -0.312 e. The Balaban J connectivity index is 1.38. The first-order chi connectivity index (χ1) is 9.24. The summed E-state index contributed by atoms with van der Waals surface area (Å²) in [4.78, 5) is 8.13. The molecule has 3 rings (SSSR count). The van der Waals surface area contributed by atoms with Crippen LogP contribution >= 0.6 is 11.3 Å². The lowest BCUT2D eigenvalue weighted by Gasteiger charge is -2.21. The summed E-state index contributed by atoms with van der Waals surface area (Å²) in [6, 6.07) is 0.832. The van der Waals surface area contributed by atoms with E-state index in [0.29, 0.717) is 0 Å². The van der Waals surface area contributed by atoms with Gasteiger partial charge in [-0.2, -0.15) is 0 Å². The van der Waals surface area contributed by atoms with Crippen LogP contribution in [-0.4, -0.2) is 36.1 Å². The molecule has 0 atom stereocenters. The van der Waals surface area contributed by atoms with Crippen LogP contribution in [0.3, 0.4) is 0 Å². The Hall–Kier alpha value is -0.450. The third-order valence-electron chi connectivity index (χ3n) is 4.39. The average Bonchev–Trinajstić information content (AvgIpc) is 3.27. The van der Waals surface area contributed by atoms with Crippen molar-refractivity contribution in [2.75, 3.05) is 20.1 Å². The van der Waals surface area contributed by atoms with Gasteiger partial charge in [0, 0.05) is 30.6 Å². The highest BCUT2D eigenvalue weighted by Crippen LogP contribution is 2.44. The van der Waals surface area contributed by atoms with Gasteiger partial charge in [-0.25, -0.2) is 4.98 Å². The number of hydrogen-bond donors (Lipinski definition) is 1. The molecule has 0 amide bonds. The number of aromatic nitrogens is 1. The van der Waals surface area contributed by atoms with Crippen LogP contribution in [0.25, 0.3) is 0 Å². The van der Waals surface area contributed by atoms with Crippen LogP contribution in [0.1, 0.15) is 36.3 Å². The summed E-state index contributed by atoms with van der Waals surface area (Å²) in [5, 5.41) is 3.81. The van der Waals surface area contributed by atoms with Gasteiger partial charge >= 0.3 is 0 Å². The van der Waals surface area contributed by atoms with E-state index in [1.807, 2.05) is 5.51 Å². The highest BCUT2D eigenvalue weighted by atomic mass is 32.1. The normalized spacial score (nSPS) is 19.6. The molecule has 1 heterocycles. The summed E-state index contributed by atoms with van der Waals surface area (Å²) in [7, 11) is 2.21. The number of thiazole rings is 1. The lowest BCUT2D eigenvalue weighted by atomic mass is 10.1. The van der Waals surface area contributed by atoms with Crippen molar-refractivity contribution in [1.82, 2.24) is 15.2 Å². The zero-order chi connectivity index (χ0) is 13.2. The Morgan fingerprint density at radius 1 is 1.37 bits per heavy atom. The summed E-state index contributed by atoms with van der Waals surface area (Å²) >= 11 is 1.77. The standard InChI is InChI=1S/C15H25N3S/c1-11-14(19-10-17-11)9-18(2)8-7-16-15(12-3-4-12)13-5-6-13/h10,12-13,15-16H,3-9H2,1-2H3. The Morgan fingerprint density at radius 3 is 2.58 bits per heavy atom. The van der Waals surface area contributed by atoms with E-state index in [1.54, 1.807) is 11.3 Å². The molecule has 2 fully saturated rings. The van der Waals surface area contributed by atoms with E-state index in [0.717, 1.165) is 37.5 Å². The third-order valence-corrected chi connectivity index (χ3v) is 5.31. The van der Waals surface area contributed by atoms with Crippen LogP contribution in [0, 0.1) is 18.8 Å². The number of aryl methyl sites for hydroxylation is 1. The fourth-order valence-electron chi connectivity index (χ4n) is 2.85. The van der Waals surface area contributed by atoms with Crippen molar-refractivity contribution in [2.45, 2.75) is 45.2 Å². The average molecular weight is 279 g/mol. The van der Waals surface area contributed by atoms with E-state index >= 15 is 0 Å². The molecule has 19 heavy (non-hydrogen) atoms. The molecule has 2 aliphatic carbocycles. The van der Waals surface area contributed by atoms with Crippen LogP contribution in [0.5, 0.6) is 0 Å².